The zero-order valence-corrected chi connectivity index (χ0v) is 21.6. The van der Waals surface area contributed by atoms with Crippen LogP contribution in [0.1, 0.15) is 29.0 Å². The number of amides is 3. The Morgan fingerprint density at radius 1 is 1.11 bits per heavy atom. The molecule has 2 aliphatic heterocycles. The van der Waals surface area contributed by atoms with Gasteiger partial charge >= 0.3 is 6.03 Å². The van der Waals surface area contributed by atoms with E-state index in [2.05, 4.69) is 21.7 Å². The number of hydrogen-bond acceptors (Lipinski definition) is 4. The van der Waals surface area contributed by atoms with Crippen molar-refractivity contribution in [3.63, 3.8) is 0 Å². The van der Waals surface area contributed by atoms with Crippen molar-refractivity contribution >= 4 is 40.6 Å². The van der Waals surface area contributed by atoms with E-state index in [0.717, 1.165) is 24.1 Å². The van der Waals surface area contributed by atoms with Crippen LogP contribution >= 0.6 is 22.9 Å². The first-order valence-electron chi connectivity index (χ1n) is 12.1. The number of carbonyl (C=O) groups excluding carboxylic acids is 2. The van der Waals surface area contributed by atoms with E-state index in [1.165, 1.54) is 10.9 Å². The van der Waals surface area contributed by atoms with Gasteiger partial charge in [-0.15, -0.1) is 11.3 Å². The molecule has 0 radical (unpaired) electrons. The molecule has 1 N–H and O–H groups in total. The van der Waals surface area contributed by atoms with E-state index in [-0.39, 0.29) is 36.4 Å². The molecule has 188 valence electrons. The largest absolute Gasteiger partial charge is 0.338 e. The van der Waals surface area contributed by atoms with E-state index in [0.29, 0.717) is 30.3 Å². The van der Waals surface area contributed by atoms with Crippen molar-refractivity contribution in [2.45, 2.75) is 25.4 Å². The summed E-state index contributed by atoms with van der Waals surface area (Å²) < 4.78 is 14.1. The molecule has 1 saturated heterocycles. The molecule has 1 aromatic heterocycles. The molecular formula is C27H28ClFN4O2S. The molecule has 3 amide bonds. The number of carbonyl (C=O) groups is 2. The first-order chi connectivity index (χ1) is 17.4. The van der Waals surface area contributed by atoms with Crippen molar-refractivity contribution in [3.05, 3.63) is 86.8 Å². The first-order valence-corrected chi connectivity index (χ1v) is 13.3. The molecule has 1 fully saturated rings. The van der Waals surface area contributed by atoms with E-state index < -0.39 is 0 Å². The summed E-state index contributed by atoms with van der Waals surface area (Å²) in [4.78, 5) is 33.2. The van der Waals surface area contributed by atoms with Crippen LogP contribution in [0.15, 0.2) is 60.0 Å². The van der Waals surface area contributed by atoms with E-state index in [1.54, 1.807) is 52.6 Å². The van der Waals surface area contributed by atoms with Crippen LogP contribution in [0.25, 0.3) is 0 Å². The number of anilines is 1. The minimum Gasteiger partial charge on any atom is -0.338 e. The highest BCUT2D eigenvalue weighted by Gasteiger charge is 2.34. The minimum atomic E-state index is -0.276. The smallest absolute Gasteiger partial charge is 0.322 e. The summed E-state index contributed by atoms with van der Waals surface area (Å²) in [5.41, 5.74) is 2.65. The summed E-state index contributed by atoms with van der Waals surface area (Å²) in [5.74, 6) is -0.251. The SMILES string of the molecule is C[C@H]1CN(C(=O)CN2CCc3sccc3[C@H]2c2cccc(F)c2)CCN1C(=O)Nc1cccc(Cl)c1. The maximum absolute atomic E-state index is 14.1. The maximum Gasteiger partial charge on any atom is 0.322 e. The highest BCUT2D eigenvalue weighted by Crippen LogP contribution is 2.37. The third-order valence-corrected chi connectivity index (χ3v) is 8.12. The monoisotopic (exact) mass is 526 g/mol. The number of halogens is 2. The van der Waals surface area contributed by atoms with E-state index in [4.69, 9.17) is 11.6 Å². The summed E-state index contributed by atoms with van der Waals surface area (Å²) in [6.07, 6.45) is 0.875. The van der Waals surface area contributed by atoms with Crippen molar-refractivity contribution in [3.8, 4) is 0 Å². The van der Waals surface area contributed by atoms with E-state index in [1.807, 2.05) is 17.9 Å². The lowest BCUT2D eigenvalue weighted by atomic mass is 9.93. The quantitative estimate of drug-likeness (QED) is 0.505. The van der Waals surface area contributed by atoms with Gasteiger partial charge in [-0.2, -0.15) is 0 Å². The number of nitrogens with one attached hydrogen (secondary N) is 1. The van der Waals surface area contributed by atoms with Gasteiger partial charge in [0.05, 0.1) is 12.6 Å². The third kappa shape index (κ3) is 5.26. The molecule has 5 rings (SSSR count). The first kappa shape index (κ1) is 24.7. The molecule has 0 unspecified atom stereocenters. The molecule has 3 aromatic rings. The molecule has 0 saturated carbocycles. The fourth-order valence-electron chi connectivity index (χ4n) is 5.13. The predicted octanol–water partition coefficient (Wildman–Crippen LogP) is 5.25. The number of benzene rings is 2. The van der Waals surface area contributed by atoms with Gasteiger partial charge in [-0.1, -0.05) is 29.8 Å². The summed E-state index contributed by atoms with van der Waals surface area (Å²) in [5, 5.41) is 5.51. The number of nitrogens with zero attached hydrogens (tertiary/aromatic N) is 3. The Morgan fingerprint density at radius 3 is 2.72 bits per heavy atom. The van der Waals surface area contributed by atoms with Crippen molar-refractivity contribution < 1.29 is 14.0 Å². The lowest BCUT2D eigenvalue weighted by Crippen LogP contribution is -2.58. The van der Waals surface area contributed by atoms with Gasteiger partial charge in [0.25, 0.3) is 0 Å². The highest BCUT2D eigenvalue weighted by molar-refractivity contribution is 7.10. The molecule has 0 bridgehead atoms. The fraction of sp³-hybridized carbons (Fsp3) is 0.333. The van der Waals surface area contributed by atoms with Crippen LogP contribution in [0.5, 0.6) is 0 Å². The molecule has 0 spiro atoms. The molecule has 3 heterocycles. The average Bonchev–Trinajstić information content (AvgIpc) is 3.32. The number of piperazine rings is 1. The second kappa shape index (κ2) is 10.6. The topological polar surface area (TPSA) is 55.9 Å². The van der Waals surface area contributed by atoms with Gasteiger partial charge in [-0.3, -0.25) is 9.69 Å². The van der Waals surface area contributed by atoms with Crippen LogP contribution in [0, 0.1) is 5.82 Å². The third-order valence-electron chi connectivity index (χ3n) is 6.89. The number of thiophene rings is 1. The van der Waals surface area contributed by atoms with Gasteiger partial charge in [0.1, 0.15) is 5.82 Å². The number of fused-ring (bicyclic) bond motifs is 1. The lowest BCUT2D eigenvalue weighted by Gasteiger charge is -2.41. The van der Waals surface area contributed by atoms with Crippen LogP contribution in [-0.2, 0) is 11.2 Å². The Labute approximate surface area is 219 Å². The molecule has 2 aromatic carbocycles. The molecule has 2 atom stereocenters. The Bertz CT molecular complexity index is 1270. The van der Waals surface area contributed by atoms with Gasteiger partial charge in [0.2, 0.25) is 5.91 Å². The number of hydrogen-bond donors (Lipinski definition) is 1. The normalized spacial score (nSPS) is 20.2. The van der Waals surface area contributed by atoms with Crippen molar-refractivity contribution in [1.82, 2.24) is 14.7 Å². The molecular weight excluding hydrogens is 499 g/mol. The second-order valence-corrected chi connectivity index (χ2v) is 10.7. The lowest BCUT2D eigenvalue weighted by molar-refractivity contribution is -0.135. The Morgan fingerprint density at radius 2 is 1.94 bits per heavy atom. The van der Waals surface area contributed by atoms with Crippen LogP contribution in [0.4, 0.5) is 14.9 Å². The van der Waals surface area contributed by atoms with Gasteiger partial charge in [0.15, 0.2) is 0 Å². The zero-order valence-electron chi connectivity index (χ0n) is 20.0. The van der Waals surface area contributed by atoms with Crippen molar-refractivity contribution in [1.29, 1.82) is 0 Å². The fourth-order valence-corrected chi connectivity index (χ4v) is 6.22. The van der Waals surface area contributed by atoms with E-state index >= 15 is 0 Å². The van der Waals surface area contributed by atoms with Crippen LogP contribution in [-0.4, -0.2) is 65.4 Å². The van der Waals surface area contributed by atoms with Gasteiger partial charge in [-0.05, 0) is 66.2 Å². The summed E-state index contributed by atoms with van der Waals surface area (Å²) >= 11 is 7.74. The Balaban J connectivity index is 1.24. The van der Waals surface area contributed by atoms with Crippen LogP contribution in [0.3, 0.4) is 0 Å². The Hall–Kier alpha value is -2.94. The van der Waals surface area contributed by atoms with Gasteiger partial charge < -0.3 is 15.1 Å². The van der Waals surface area contributed by atoms with Crippen molar-refractivity contribution in [2.24, 2.45) is 0 Å². The molecule has 6 nitrogen and oxygen atoms in total. The van der Waals surface area contributed by atoms with Gasteiger partial charge in [0, 0.05) is 47.8 Å². The highest BCUT2D eigenvalue weighted by atomic mass is 35.5. The standard InChI is InChI=1S/C27H28ClFN4O2S/c1-18-16-31(11-12-33(18)27(35)30-22-7-3-5-20(28)15-22)25(34)17-32-10-8-24-23(9-13-36-24)26(32)19-4-2-6-21(29)14-19/h2-7,9,13-15,18,26H,8,10-12,16-17H2,1H3,(H,30,35)/t18-,26+/m0/s1. The number of rotatable bonds is 4. The Kier molecular flexibility index (Phi) is 7.27. The number of urea groups is 1. The van der Waals surface area contributed by atoms with Crippen LogP contribution in [0.2, 0.25) is 5.02 Å². The molecule has 2 aliphatic rings. The average molecular weight is 527 g/mol. The van der Waals surface area contributed by atoms with Crippen LogP contribution < -0.4 is 5.32 Å². The molecule has 9 heteroatoms. The van der Waals surface area contributed by atoms with Crippen molar-refractivity contribution in [2.75, 3.05) is 38.0 Å². The zero-order chi connectivity index (χ0) is 25.2. The maximum atomic E-state index is 14.1. The summed E-state index contributed by atoms with van der Waals surface area (Å²) in [6, 6.07) is 15.3. The van der Waals surface area contributed by atoms with Gasteiger partial charge in [-0.25, -0.2) is 9.18 Å². The molecule has 36 heavy (non-hydrogen) atoms. The second-order valence-electron chi connectivity index (χ2n) is 9.30. The summed E-state index contributed by atoms with van der Waals surface area (Å²) in [7, 11) is 0. The molecule has 0 aliphatic carbocycles. The van der Waals surface area contributed by atoms with E-state index in [9.17, 15) is 14.0 Å². The summed E-state index contributed by atoms with van der Waals surface area (Å²) in [6.45, 7) is 4.31. The predicted molar refractivity (Wildman–Crippen MR) is 141 cm³/mol. The minimum absolute atomic E-state index is 0.0248.